The van der Waals surface area contributed by atoms with E-state index in [1.165, 1.54) is 19.3 Å². The Bertz CT molecular complexity index is 1130. The first-order chi connectivity index (χ1) is 16.5. The topological polar surface area (TPSA) is 74.3 Å². The lowest BCUT2D eigenvalue weighted by molar-refractivity contribution is 0.233. The van der Waals surface area contributed by atoms with Crippen molar-refractivity contribution >= 4 is 21.8 Å². The summed E-state index contributed by atoms with van der Waals surface area (Å²) in [6, 6.07) is 10.7. The number of aromatic nitrogens is 1. The largest absolute Gasteiger partial charge is 0.356 e. The Balaban J connectivity index is 1.64. The third kappa shape index (κ3) is 8.09. The molecule has 1 aliphatic heterocycles. The van der Waals surface area contributed by atoms with Gasteiger partial charge in [-0.3, -0.25) is 4.98 Å². The number of rotatable bonds is 11. The number of sulfonamides is 1. The highest BCUT2D eigenvalue weighted by atomic mass is 32.2. The first-order valence-corrected chi connectivity index (χ1v) is 13.2. The Kier molecular flexibility index (Phi) is 9.82. The number of piperidine rings is 1. The lowest BCUT2D eigenvalue weighted by atomic mass is 10.1. The molecule has 34 heavy (non-hydrogen) atoms. The van der Waals surface area contributed by atoms with Gasteiger partial charge >= 0.3 is 0 Å². The number of pyridine rings is 1. The van der Waals surface area contributed by atoms with Crippen molar-refractivity contribution in [2.24, 2.45) is 0 Å². The highest BCUT2D eigenvalue weighted by Crippen LogP contribution is 2.19. The maximum Gasteiger partial charge on any atom is 0.240 e. The van der Waals surface area contributed by atoms with Gasteiger partial charge < -0.3 is 10.2 Å². The van der Waals surface area contributed by atoms with Crippen molar-refractivity contribution in [2.75, 3.05) is 31.5 Å². The molecule has 0 unspecified atom stereocenters. The van der Waals surface area contributed by atoms with Crippen molar-refractivity contribution in [1.82, 2.24) is 14.6 Å². The van der Waals surface area contributed by atoms with Crippen LogP contribution in [0.25, 0.3) is 6.08 Å². The SMILES string of the molecule is C=CC(/C=C/c1ccncc1)=C\C(=C/C)Nc1cccc(S(=O)(=O)NCCN2CCCCC2)c1. The van der Waals surface area contributed by atoms with Crippen LogP contribution in [0.1, 0.15) is 31.7 Å². The van der Waals surface area contributed by atoms with Gasteiger partial charge in [0.2, 0.25) is 10.0 Å². The predicted octanol–water partition coefficient (Wildman–Crippen LogP) is 4.99. The molecular formula is C27H34N4O2S. The van der Waals surface area contributed by atoms with Crippen LogP contribution in [0.5, 0.6) is 0 Å². The summed E-state index contributed by atoms with van der Waals surface area (Å²) >= 11 is 0. The highest BCUT2D eigenvalue weighted by molar-refractivity contribution is 7.89. The molecule has 0 radical (unpaired) electrons. The average Bonchev–Trinajstić information content (AvgIpc) is 2.87. The second-order valence-corrected chi connectivity index (χ2v) is 9.93. The first-order valence-electron chi connectivity index (χ1n) is 11.7. The summed E-state index contributed by atoms with van der Waals surface area (Å²) < 4.78 is 28.4. The number of benzene rings is 1. The van der Waals surface area contributed by atoms with Gasteiger partial charge in [-0.05, 0) is 80.4 Å². The quantitative estimate of drug-likeness (QED) is 0.445. The van der Waals surface area contributed by atoms with Crippen LogP contribution >= 0.6 is 0 Å². The number of hydrogen-bond donors (Lipinski definition) is 2. The molecule has 1 aromatic carbocycles. The lowest BCUT2D eigenvalue weighted by Gasteiger charge is -2.26. The van der Waals surface area contributed by atoms with E-state index >= 15 is 0 Å². The van der Waals surface area contributed by atoms with E-state index in [0.29, 0.717) is 12.2 Å². The van der Waals surface area contributed by atoms with E-state index in [4.69, 9.17) is 0 Å². The summed E-state index contributed by atoms with van der Waals surface area (Å²) in [6.45, 7) is 9.07. The number of anilines is 1. The fraction of sp³-hybridized carbons (Fsp3) is 0.296. The molecule has 2 heterocycles. The molecule has 2 aromatic rings. The molecule has 2 N–H and O–H groups in total. The van der Waals surface area contributed by atoms with Crippen LogP contribution < -0.4 is 10.0 Å². The van der Waals surface area contributed by atoms with Gasteiger partial charge in [-0.2, -0.15) is 0 Å². The minimum Gasteiger partial charge on any atom is -0.356 e. The third-order valence-electron chi connectivity index (χ3n) is 5.65. The van der Waals surface area contributed by atoms with Crippen molar-refractivity contribution in [3.63, 3.8) is 0 Å². The van der Waals surface area contributed by atoms with Crippen LogP contribution in [0, 0.1) is 0 Å². The zero-order valence-electron chi connectivity index (χ0n) is 19.8. The smallest absolute Gasteiger partial charge is 0.240 e. The van der Waals surface area contributed by atoms with Crippen molar-refractivity contribution in [3.8, 4) is 0 Å². The van der Waals surface area contributed by atoms with Gasteiger partial charge in [-0.1, -0.05) is 43.4 Å². The van der Waals surface area contributed by atoms with Crippen molar-refractivity contribution in [2.45, 2.75) is 31.1 Å². The molecule has 3 rings (SSSR count). The highest BCUT2D eigenvalue weighted by Gasteiger charge is 2.16. The third-order valence-corrected chi connectivity index (χ3v) is 7.10. The standard InChI is InChI=1S/C27H34N4O2S/c1-3-23(11-12-24-13-15-28-16-14-24)21-25(4-2)30-26-9-8-10-27(22-26)34(32,33)29-17-20-31-18-6-5-7-19-31/h3-4,8-16,21-22,29-30H,1,5-7,17-20H2,2H3/b12-11+,23-21+,25-4+. The molecule has 1 fully saturated rings. The molecule has 1 saturated heterocycles. The van der Waals surface area contributed by atoms with Gasteiger partial charge in [0.05, 0.1) is 4.90 Å². The van der Waals surface area contributed by atoms with E-state index < -0.39 is 10.0 Å². The molecule has 0 aliphatic carbocycles. The number of likely N-dealkylation sites (tertiary alicyclic amines) is 1. The van der Waals surface area contributed by atoms with Gasteiger partial charge in [0.15, 0.2) is 0 Å². The molecule has 180 valence electrons. The molecule has 1 aromatic heterocycles. The van der Waals surface area contributed by atoms with Crippen LogP contribution in [-0.2, 0) is 10.0 Å². The van der Waals surface area contributed by atoms with Crippen LogP contribution in [0.4, 0.5) is 5.69 Å². The van der Waals surface area contributed by atoms with Crippen molar-refractivity contribution in [1.29, 1.82) is 0 Å². The molecule has 0 atom stereocenters. The summed E-state index contributed by atoms with van der Waals surface area (Å²) in [5, 5.41) is 3.30. The second-order valence-electron chi connectivity index (χ2n) is 8.16. The Morgan fingerprint density at radius 2 is 1.91 bits per heavy atom. The van der Waals surface area contributed by atoms with E-state index in [9.17, 15) is 8.42 Å². The number of hydrogen-bond acceptors (Lipinski definition) is 5. The molecular weight excluding hydrogens is 444 g/mol. The summed E-state index contributed by atoms with van der Waals surface area (Å²) in [5.74, 6) is 0. The Morgan fingerprint density at radius 3 is 2.62 bits per heavy atom. The van der Waals surface area contributed by atoms with Crippen LogP contribution in [0.3, 0.4) is 0 Å². The van der Waals surface area contributed by atoms with E-state index in [-0.39, 0.29) is 4.90 Å². The van der Waals surface area contributed by atoms with E-state index in [2.05, 4.69) is 26.5 Å². The van der Waals surface area contributed by atoms with Crippen molar-refractivity contribution < 1.29 is 8.42 Å². The van der Waals surface area contributed by atoms with Gasteiger partial charge in [0.25, 0.3) is 0 Å². The minimum absolute atomic E-state index is 0.247. The monoisotopic (exact) mass is 478 g/mol. The van der Waals surface area contributed by atoms with Crippen LogP contribution in [-0.4, -0.2) is 44.5 Å². The predicted molar refractivity (Wildman–Crippen MR) is 141 cm³/mol. The Hall–Kier alpha value is -3.00. The maximum atomic E-state index is 12.8. The number of nitrogens with one attached hydrogen (secondary N) is 2. The fourth-order valence-corrected chi connectivity index (χ4v) is 4.79. The lowest BCUT2D eigenvalue weighted by Crippen LogP contribution is -2.37. The Labute approximate surface area is 203 Å². The zero-order valence-corrected chi connectivity index (χ0v) is 20.6. The van der Waals surface area contributed by atoms with Crippen LogP contribution in [0.15, 0.2) is 95.8 Å². The average molecular weight is 479 g/mol. The zero-order chi connectivity index (χ0) is 24.2. The number of nitrogens with zero attached hydrogens (tertiary/aromatic N) is 2. The normalized spacial score (nSPS) is 16.0. The molecule has 0 saturated carbocycles. The molecule has 7 heteroatoms. The van der Waals surface area contributed by atoms with E-state index in [1.54, 1.807) is 36.7 Å². The summed E-state index contributed by atoms with van der Waals surface area (Å²) in [7, 11) is -3.58. The van der Waals surface area contributed by atoms with E-state index in [0.717, 1.165) is 36.5 Å². The molecule has 1 aliphatic rings. The van der Waals surface area contributed by atoms with Gasteiger partial charge in [-0.15, -0.1) is 0 Å². The summed E-state index contributed by atoms with van der Waals surface area (Å²) in [6.07, 6.45) is 16.8. The molecule has 6 nitrogen and oxygen atoms in total. The minimum atomic E-state index is -3.58. The summed E-state index contributed by atoms with van der Waals surface area (Å²) in [4.78, 5) is 6.59. The molecule has 0 bridgehead atoms. The summed E-state index contributed by atoms with van der Waals surface area (Å²) in [5.41, 5.74) is 3.50. The van der Waals surface area contributed by atoms with Gasteiger partial charge in [0, 0.05) is 36.9 Å². The van der Waals surface area contributed by atoms with Crippen molar-refractivity contribution in [3.05, 3.63) is 96.5 Å². The van der Waals surface area contributed by atoms with Gasteiger partial charge in [-0.25, -0.2) is 13.1 Å². The first kappa shape index (κ1) is 25.6. The maximum absolute atomic E-state index is 12.8. The molecule has 0 amide bonds. The number of allylic oxidation sites excluding steroid dienone is 5. The Morgan fingerprint density at radius 1 is 1.15 bits per heavy atom. The molecule has 0 spiro atoms. The van der Waals surface area contributed by atoms with Crippen LogP contribution in [0.2, 0.25) is 0 Å². The fourth-order valence-electron chi connectivity index (χ4n) is 3.73. The second kappa shape index (κ2) is 13.0. The van der Waals surface area contributed by atoms with E-state index in [1.807, 2.05) is 49.4 Å². The van der Waals surface area contributed by atoms with Gasteiger partial charge in [0.1, 0.15) is 0 Å².